The normalized spacial score (nSPS) is 10.9. The Bertz CT molecular complexity index is 823. The Morgan fingerprint density at radius 1 is 1.05 bits per heavy atom. The van der Waals surface area contributed by atoms with Gasteiger partial charge in [0.15, 0.2) is 11.6 Å². The molecule has 0 spiro atoms. The highest BCUT2D eigenvalue weighted by Gasteiger charge is 2.16. The van der Waals surface area contributed by atoms with Crippen LogP contribution in [0.15, 0.2) is 40.9 Å². The summed E-state index contributed by atoms with van der Waals surface area (Å²) in [6.45, 7) is 0. The maximum Gasteiger partial charge on any atom is 0.152 e. The fourth-order valence-electron chi connectivity index (χ4n) is 1.92. The molecule has 6 heteroatoms. The molecular formula is C14H8BrClFN3. The lowest BCUT2D eigenvalue weighted by Crippen LogP contribution is -2.00. The molecule has 0 saturated carbocycles. The molecule has 3 aromatic rings. The quantitative estimate of drug-likeness (QED) is 0.659. The summed E-state index contributed by atoms with van der Waals surface area (Å²) in [5, 5.41) is -0.00291. The summed E-state index contributed by atoms with van der Waals surface area (Å²) < 4.78 is 14.7. The van der Waals surface area contributed by atoms with Gasteiger partial charge in [-0.2, -0.15) is 0 Å². The first kappa shape index (κ1) is 13.3. The Morgan fingerprint density at radius 3 is 2.40 bits per heavy atom. The monoisotopic (exact) mass is 351 g/mol. The van der Waals surface area contributed by atoms with Gasteiger partial charge in [-0.3, -0.25) is 0 Å². The lowest BCUT2D eigenvalue weighted by molar-refractivity contribution is 0.630. The molecule has 0 aliphatic heterocycles. The van der Waals surface area contributed by atoms with Crippen molar-refractivity contribution in [2.45, 2.75) is 0 Å². The number of hydrogen-bond donors (Lipinski definition) is 1. The summed E-state index contributed by atoms with van der Waals surface area (Å²) in [6, 6.07) is 10.5. The average molecular weight is 353 g/mol. The number of nitrogen functional groups attached to an aromatic ring is 1. The first-order valence-corrected chi connectivity index (χ1v) is 6.91. The van der Waals surface area contributed by atoms with Crippen molar-refractivity contribution in [3.8, 4) is 11.3 Å². The van der Waals surface area contributed by atoms with E-state index in [4.69, 9.17) is 17.3 Å². The largest absolute Gasteiger partial charge is 0.382 e. The number of halogens is 3. The first-order valence-electron chi connectivity index (χ1n) is 5.74. The van der Waals surface area contributed by atoms with Crippen LogP contribution in [0.3, 0.4) is 0 Å². The Balaban J connectivity index is 2.29. The van der Waals surface area contributed by atoms with Crippen LogP contribution in [0, 0.1) is 5.82 Å². The minimum atomic E-state index is -0.572. The summed E-state index contributed by atoms with van der Waals surface area (Å²) in [5.41, 5.74) is 7.71. The lowest BCUT2D eigenvalue weighted by Gasteiger charge is -2.09. The minimum Gasteiger partial charge on any atom is -0.382 e. The summed E-state index contributed by atoms with van der Waals surface area (Å²) in [7, 11) is 0. The fraction of sp³-hybridized carbons (Fsp3) is 0. The fourth-order valence-corrected chi connectivity index (χ4v) is 2.39. The van der Waals surface area contributed by atoms with E-state index < -0.39 is 5.82 Å². The van der Waals surface area contributed by atoms with Crippen LogP contribution in [0.1, 0.15) is 0 Å². The zero-order valence-electron chi connectivity index (χ0n) is 10.1. The average Bonchev–Trinajstić information content (AvgIpc) is 2.45. The summed E-state index contributed by atoms with van der Waals surface area (Å²) in [6.07, 6.45) is 0. The maximum atomic E-state index is 14.2. The molecule has 0 radical (unpaired) electrons. The second kappa shape index (κ2) is 5.00. The number of nitrogens with zero attached hydrogens (tertiary/aromatic N) is 2. The molecule has 0 fully saturated rings. The van der Waals surface area contributed by atoms with Crippen molar-refractivity contribution in [2.24, 2.45) is 0 Å². The summed E-state index contributed by atoms with van der Waals surface area (Å²) in [5.74, 6) is -0.404. The van der Waals surface area contributed by atoms with Gasteiger partial charge < -0.3 is 5.73 Å². The highest BCUT2D eigenvalue weighted by atomic mass is 79.9. The van der Waals surface area contributed by atoms with Gasteiger partial charge in [0.05, 0.1) is 16.1 Å². The molecule has 0 aliphatic carbocycles. The lowest BCUT2D eigenvalue weighted by atomic mass is 10.1. The van der Waals surface area contributed by atoms with Crippen molar-refractivity contribution in [3.05, 3.63) is 51.7 Å². The molecule has 1 heterocycles. The van der Waals surface area contributed by atoms with E-state index in [2.05, 4.69) is 25.9 Å². The van der Waals surface area contributed by atoms with E-state index in [1.54, 1.807) is 24.3 Å². The number of para-hydroxylation sites is 2. The molecule has 3 nitrogen and oxygen atoms in total. The predicted molar refractivity (Wildman–Crippen MR) is 82.1 cm³/mol. The molecule has 0 aliphatic rings. The van der Waals surface area contributed by atoms with E-state index in [-0.39, 0.29) is 22.1 Å². The molecule has 3 rings (SSSR count). The van der Waals surface area contributed by atoms with Gasteiger partial charge in [0, 0.05) is 10.0 Å². The Labute approximate surface area is 127 Å². The van der Waals surface area contributed by atoms with Gasteiger partial charge >= 0.3 is 0 Å². The smallest absolute Gasteiger partial charge is 0.152 e. The first-order chi connectivity index (χ1) is 9.58. The van der Waals surface area contributed by atoms with Gasteiger partial charge in [0.25, 0.3) is 0 Å². The third kappa shape index (κ3) is 2.13. The highest BCUT2D eigenvalue weighted by molar-refractivity contribution is 9.10. The number of anilines is 1. The van der Waals surface area contributed by atoms with Crippen molar-refractivity contribution in [1.82, 2.24) is 9.97 Å². The number of rotatable bonds is 1. The summed E-state index contributed by atoms with van der Waals surface area (Å²) >= 11 is 9.06. The van der Waals surface area contributed by atoms with Crippen molar-refractivity contribution in [3.63, 3.8) is 0 Å². The van der Waals surface area contributed by atoms with Crippen LogP contribution < -0.4 is 5.73 Å². The third-order valence-corrected chi connectivity index (χ3v) is 4.15. The Kier molecular flexibility index (Phi) is 3.31. The molecule has 2 aromatic carbocycles. The Hall–Kier alpha value is -1.72. The van der Waals surface area contributed by atoms with Gasteiger partial charge in [-0.05, 0) is 40.2 Å². The summed E-state index contributed by atoms with van der Waals surface area (Å²) in [4.78, 5) is 8.61. The van der Waals surface area contributed by atoms with E-state index in [1.165, 1.54) is 0 Å². The van der Waals surface area contributed by atoms with Crippen LogP contribution in [-0.2, 0) is 0 Å². The van der Waals surface area contributed by atoms with Gasteiger partial charge in [-0.1, -0.05) is 23.7 Å². The molecule has 0 unspecified atom stereocenters. The molecule has 2 N–H and O–H groups in total. The van der Waals surface area contributed by atoms with Crippen LogP contribution >= 0.6 is 27.5 Å². The van der Waals surface area contributed by atoms with Crippen LogP contribution in [0.4, 0.5) is 10.2 Å². The molecule has 1 aromatic heterocycles. The van der Waals surface area contributed by atoms with E-state index in [0.29, 0.717) is 15.5 Å². The van der Waals surface area contributed by atoms with E-state index >= 15 is 0 Å². The zero-order chi connectivity index (χ0) is 14.3. The minimum absolute atomic E-state index is 0.00291. The number of benzene rings is 2. The Morgan fingerprint density at radius 2 is 1.70 bits per heavy atom. The van der Waals surface area contributed by atoms with E-state index in [1.807, 2.05) is 12.1 Å². The van der Waals surface area contributed by atoms with Crippen LogP contribution in [0.2, 0.25) is 5.02 Å². The van der Waals surface area contributed by atoms with Crippen LogP contribution in [0.25, 0.3) is 22.3 Å². The van der Waals surface area contributed by atoms with Crippen molar-refractivity contribution in [1.29, 1.82) is 0 Å². The van der Waals surface area contributed by atoms with Gasteiger partial charge in [-0.15, -0.1) is 0 Å². The molecule has 0 atom stereocenters. The molecule has 100 valence electrons. The number of aromatic nitrogens is 2. The second-order valence-electron chi connectivity index (χ2n) is 4.17. The van der Waals surface area contributed by atoms with Crippen LogP contribution in [0.5, 0.6) is 0 Å². The SMILES string of the molecule is Nc1nc2ccccc2nc1-c1ccc(Br)c(Cl)c1F. The van der Waals surface area contributed by atoms with E-state index in [0.717, 1.165) is 0 Å². The standard InChI is InChI=1S/C14H8BrClFN3/c15-8-6-5-7(12(17)11(8)16)13-14(18)20-10-4-2-1-3-9(10)19-13/h1-6H,(H2,18,20). The molecule has 0 bridgehead atoms. The highest BCUT2D eigenvalue weighted by Crippen LogP contribution is 2.34. The number of fused-ring (bicyclic) bond motifs is 1. The predicted octanol–water partition coefficient (Wildman–Crippen LogP) is 4.43. The van der Waals surface area contributed by atoms with Gasteiger partial charge in [0.2, 0.25) is 0 Å². The van der Waals surface area contributed by atoms with Gasteiger partial charge in [-0.25, -0.2) is 14.4 Å². The third-order valence-electron chi connectivity index (χ3n) is 2.89. The second-order valence-corrected chi connectivity index (χ2v) is 5.40. The van der Waals surface area contributed by atoms with Gasteiger partial charge in [0.1, 0.15) is 5.69 Å². The van der Waals surface area contributed by atoms with Crippen molar-refractivity contribution < 1.29 is 4.39 Å². The molecule has 0 saturated heterocycles. The molecule has 0 amide bonds. The van der Waals surface area contributed by atoms with Crippen molar-refractivity contribution >= 4 is 44.4 Å². The number of nitrogens with two attached hydrogens (primary N) is 1. The van der Waals surface area contributed by atoms with Crippen molar-refractivity contribution in [2.75, 3.05) is 5.73 Å². The molecule has 20 heavy (non-hydrogen) atoms. The zero-order valence-corrected chi connectivity index (χ0v) is 12.4. The maximum absolute atomic E-state index is 14.2. The van der Waals surface area contributed by atoms with E-state index in [9.17, 15) is 4.39 Å². The number of hydrogen-bond acceptors (Lipinski definition) is 3. The van der Waals surface area contributed by atoms with Crippen LogP contribution in [-0.4, -0.2) is 9.97 Å². The topological polar surface area (TPSA) is 51.8 Å². The molecular weight excluding hydrogens is 345 g/mol.